The number of nitrogens with two attached hydrogens (primary N) is 1. The molecule has 0 aliphatic carbocycles. The van der Waals surface area contributed by atoms with Gasteiger partial charge in [-0.25, -0.2) is 0 Å². The van der Waals surface area contributed by atoms with Crippen LogP contribution in [0.3, 0.4) is 0 Å². The van der Waals surface area contributed by atoms with Crippen LogP contribution in [-0.4, -0.2) is 34.6 Å². The van der Waals surface area contributed by atoms with Crippen LogP contribution in [0.4, 0.5) is 0 Å². The lowest BCUT2D eigenvalue weighted by Crippen LogP contribution is -2.22. The molecule has 17 heavy (non-hydrogen) atoms. The van der Waals surface area contributed by atoms with Crippen molar-refractivity contribution in [1.82, 2.24) is 10.1 Å². The van der Waals surface area contributed by atoms with Crippen molar-refractivity contribution in [2.45, 2.75) is 44.2 Å². The quantitative estimate of drug-likeness (QED) is 0.782. The summed E-state index contributed by atoms with van der Waals surface area (Å²) in [4.78, 5) is 4.23. The maximum Gasteiger partial charge on any atom is 0.243 e. The molecule has 1 saturated heterocycles. The monoisotopic (exact) mass is 241 g/mol. The average molecular weight is 241 g/mol. The van der Waals surface area contributed by atoms with Gasteiger partial charge in [-0.1, -0.05) is 5.16 Å². The van der Waals surface area contributed by atoms with E-state index in [1.807, 2.05) is 0 Å². The molecular weight excluding hydrogens is 222 g/mol. The summed E-state index contributed by atoms with van der Waals surface area (Å²) in [5, 5.41) is 12.7. The van der Waals surface area contributed by atoms with E-state index in [9.17, 15) is 0 Å². The Bertz CT molecular complexity index is 336. The molecule has 96 valence electrons. The second-order valence-electron chi connectivity index (χ2n) is 4.36. The summed E-state index contributed by atoms with van der Waals surface area (Å²) in [5.74, 6) is 1.03. The van der Waals surface area contributed by atoms with Gasteiger partial charge in [0.2, 0.25) is 5.89 Å². The van der Waals surface area contributed by atoms with Gasteiger partial charge < -0.3 is 20.1 Å². The zero-order valence-corrected chi connectivity index (χ0v) is 9.84. The molecule has 1 aliphatic heterocycles. The number of aliphatic hydroxyl groups excluding tert-OH is 1. The predicted octanol–water partition coefficient (Wildman–Crippen LogP) is 0.563. The van der Waals surface area contributed by atoms with Gasteiger partial charge in [-0.15, -0.1) is 0 Å². The van der Waals surface area contributed by atoms with Crippen molar-refractivity contribution in [3.63, 3.8) is 0 Å². The minimum atomic E-state index is -0.381. The van der Waals surface area contributed by atoms with Gasteiger partial charge in [0.05, 0.1) is 12.1 Å². The predicted molar refractivity (Wildman–Crippen MR) is 60.2 cm³/mol. The van der Waals surface area contributed by atoms with E-state index in [1.54, 1.807) is 0 Å². The third-order valence-electron chi connectivity index (χ3n) is 2.93. The summed E-state index contributed by atoms with van der Waals surface area (Å²) in [5.41, 5.74) is 5.76. The largest absolute Gasteiger partial charge is 0.396 e. The fourth-order valence-corrected chi connectivity index (χ4v) is 1.94. The zero-order valence-electron chi connectivity index (χ0n) is 9.84. The number of aliphatic hydroxyl groups is 1. The van der Waals surface area contributed by atoms with Crippen LogP contribution < -0.4 is 5.73 Å². The van der Waals surface area contributed by atoms with Crippen LogP contribution in [-0.2, 0) is 11.2 Å². The van der Waals surface area contributed by atoms with Gasteiger partial charge in [-0.3, -0.25) is 0 Å². The maximum atomic E-state index is 8.78. The highest BCUT2D eigenvalue weighted by Crippen LogP contribution is 2.17. The van der Waals surface area contributed by atoms with Crippen molar-refractivity contribution >= 4 is 0 Å². The number of aromatic nitrogens is 2. The van der Waals surface area contributed by atoms with Crippen LogP contribution in [0.25, 0.3) is 0 Å². The van der Waals surface area contributed by atoms with Gasteiger partial charge in [-0.2, -0.15) is 4.98 Å². The molecule has 0 saturated carbocycles. The zero-order chi connectivity index (χ0) is 12.1. The Morgan fingerprint density at radius 2 is 2.35 bits per heavy atom. The highest BCUT2D eigenvalue weighted by atomic mass is 16.5. The Kier molecular flexibility index (Phi) is 4.47. The van der Waals surface area contributed by atoms with Crippen molar-refractivity contribution in [2.24, 2.45) is 5.73 Å². The van der Waals surface area contributed by atoms with Gasteiger partial charge in [0.25, 0.3) is 0 Å². The smallest absolute Gasteiger partial charge is 0.243 e. The van der Waals surface area contributed by atoms with E-state index in [0.717, 1.165) is 19.4 Å². The summed E-state index contributed by atoms with van der Waals surface area (Å²) in [7, 11) is 0. The average Bonchev–Trinajstić information content (AvgIpc) is 2.79. The molecule has 2 atom stereocenters. The molecule has 2 heterocycles. The first-order chi connectivity index (χ1) is 8.29. The fraction of sp³-hybridized carbons (Fsp3) is 0.818. The summed E-state index contributed by atoms with van der Waals surface area (Å²) in [6.07, 6.45) is 4.68. The molecule has 0 aromatic carbocycles. The molecule has 2 rings (SSSR count). The molecule has 6 nitrogen and oxygen atoms in total. The first-order valence-corrected chi connectivity index (χ1v) is 6.10. The normalized spacial score (nSPS) is 22.6. The molecule has 2 unspecified atom stereocenters. The van der Waals surface area contributed by atoms with Crippen LogP contribution in [0.15, 0.2) is 4.52 Å². The third-order valence-corrected chi connectivity index (χ3v) is 2.93. The Hall–Kier alpha value is -0.980. The lowest BCUT2D eigenvalue weighted by atomic mass is 10.1. The second-order valence-corrected chi connectivity index (χ2v) is 4.36. The van der Waals surface area contributed by atoms with E-state index in [4.69, 9.17) is 20.1 Å². The summed E-state index contributed by atoms with van der Waals surface area (Å²) in [6.45, 7) is 0.837. The van der Waals surface area contributed by atoms with Gasteiger partial charge in [-0.05, 0) is 25.7 Å². The van der Waals surface area contributed by atoms with Crippen molar-refractivity contribution in [2.75, 3.05) is 13.2 Å². The van der Waals surface area contributed by atoms with Crippen molar-refractivity contribution in [1.29, 1.82) is 0 Å². The fourth-order valence-electron chi connectivity index (χ4n) is 1.94. The second kappa shape index (κ2) is 6.09. The van der Waals surface area contributed by atoms with Crippen LogP contribution in [0, 0.1) is 0 Å². The van der Waals surface area contributed by atoms with E-state index >= 15 is 0 Å². The molecule has 0 spiro atoms. The van der Waals surface area contributed by atoms with Crippen molar-refractivity contribution in [3.05, 3.63) is 11.7 Å². The minimum absolute atomic E-state index is 0.0185. The Morgan fingerprint density at radius 1 is 1.47 bits per heavy atom. The van der Waals surface area contributed by atoms with Crippen LogP contribution in [0.1, 0.15) is 43.4 Å². The molecule has 0 bridgehead atoms. The molecule has 3 N–H and O–H groups in total. The van der Waals surface area contributed by atoms with Crippen LogP contribution in [0.5, 0.6) is 0 Å². The topological polar surface area (TPSA) is 94.4 Å². The molecule has 1 aliphatic rings. The van der Waals surface area contributed by atoms with Gasteiger partial charge >= 0.3 is 0 Å². The molecule has 1 aromatic heterocycles. The van der Waals surface area contributed by atoms with Crippen molar-refractivity contribution < 1.29 is 14.4 Å². The Balaban J connectivity index is 1.88. The molecule has 1 fully saturated rings. The lowest BCUT2D eigenvalue weighted by molar-refractivity contribution is 0.0153. The highest BCUT2D eigenvalue weighted by molar-refractivity contribution is 4.93. The highest BCUT2D eigenvalue weighted by Gasteiger charge is 2.19. The number of hydrogen-bond donors (Lipinski definition) is 2. The standard InChI is InChI=1S/C11H19N3O3/c12-9(4-5-15)11-13-10(14-17-11)7-8-3-1-2-6-16-8/h8-9,15H,1-7,12H2. The lowest BCUT2D eigenvalue weighted by Gasteiger charge is -2.20. The number of nitrogens with zero attached hydrogens (tertiary/aromatic N) is 2. The maximum absolute atomic E-state index is 8.78. The summed E-state index contributed by atoms with van der Waals surface area (Å²) in [6, 6.07) is -0.381. The van der Waals surface area contributed by atoms with Gasteiger partial charge in [0.1, 0.15) is 0 Å². The van der Waals surface area contributed by atoms with Crippen LogP contribution in [0.2, 0.25) is 0 Å². The number of hydrogen-bond acceptors (Lipinski definition) is 6. The van der Waals surface area contributed by atoms with Gasteiger partial charge in [0, 0.05) is 19.6 Å². The molecule has 6 heteroatoms. The first kappa shape index (κ1) is 12.5. The minimum Gasteiger partial charge on any atom is -0.396 e. The Morgan fingerprint density at radius 3 is 3.06 bits per heavy atom. The SMILES string of the molecule is NC(CCO)c1nc(CC2CCCCO2)no1. The molecule has 0 amide bonds. The summed E-state index contributed by atoms with van der Waals surface area (Å²) < 4.78 is 10.7. The first-order valence-electron chi connectivity index (χ1n) is 6.10. The van der Waals surface area contributed by atoms with Crippen LogP contribution >= 0.6 is 0 Å². The van der Waals surface area contributed by atoms with E-state index in [-0.39, 0.29) is 18.8 Å². The third kappa shape index (κ3) is 3.49. The van der Waals surface area contributed by atoms with E-state index in [0.29, 0.717) is 24.6 Å². The van der Waals surface area contributed by atoms with Crippen molar-refractivity contribution in [3.8, 4) is 0 Å². The number of ether oxygens (including phenoxy) is 1. The van der Waals surface area contributed by atoms with E-state index in [1.165, 1.54) is 6.42 Å². The Labute approximate surface area is 100 Å². The molecule has 1 aromatic rings. The molecular formula is C11H19N3O3. The molecule has 0 radical (unpaired) electrons. The summed E-state index contributed by atoms with van der Waals surface area (Å²) >= 11 is 0. The number of rotatable bonds is 5. The van der Waals surface area contributed by atoms with E-state index in [2.05, 4.69) is 10.1 Å². The van der Waals surface area contributed by atoms with Gasteiger partial charge in [0.15, 0.2) is 5.82 Å². The van der Waals surface area contributed by atoms with E-state index < -0.39 is 0 Å².